The van der Waals surface area contributed by atoms with E-state index in [-0.39, 0.29) is 11.5 Å². The molecule has 0 spiro atoms. The first-order valence-electron chi connectivity index (χ1n) is 4.45. The van der Waals surface area contributed by atoms with E-state index < -0.39 is 0 Å². The fourth-order valence-electron chi connectivity index (χ4n) is 0.939. The predicted molar refractivity (Wildman–Crippen MR) is 67.4 cm³/mol. The van der Waals surface area contributed by atoms with Crippen molar-refractivity contribution in [3.8, 4) is 0 Å². The van der Waals surface area contributed by atoms with E-state index in [1.54, 1.807) is 0 Å². The molecule has 0 fully saturated rings. The third-order valence-corrected chi connectivity index (χ3v) is 2.27. The molecule has 0 radical (unpaired) electrons. The lowest BCUT2D eigenvalue weighted by Gasteiger charge is -2.04. The number of anilines is 1. The summed E-state index contributed by atoms with van der Waals surface area (Å²) in [5, 5.41) is 3.91. The Morgan fingerprint density at radius 1 is 1.50 bits per heavy atom. The third kappa shape index (κ3) is 3.51. The number of hydrogen-bond acceptors (Lipinski definition) is 4. The summed E-state index contributed by atoms with van der Waals surface area (Å²) < 4.78 is 5.87. The lowest BCUT2D eigenvalue weighted by molar-refractivity contribution is -0.104. The van der Waals surface area contributed by atoms with Crippen molar-refractivity contribution in [2.45, 2.75) is 0 Å². The number of methoxy groups -OCH3 is 1. The molecule has 1 aromatic carbocycles. The molecule has 0 amide bonds. The molecule has 0 aliphatic carbocycles. The van der Waals surface area contributed by atoms with Crippen molar-refractivity contribution in [2.24, 2.45) is 5.10 Å². The van der Waals surface area contributed by atoms with Gasteiger partial charge in [0.25, 0.3) is 0 Å². The summed E-state index contributed by atoms with van der Waals surface area (Å²) in [5.41, 5.74) is 3.74. The number of carbonyl (C=O) groups excluding carboxylic acids is 1. The van der Waals surface area contributed by atoms with Crippen LogP contribution in [0.4, 0.5) is 5.69 Å². The maximum absolute atomic E-state index is 10.5. The molecule has 16 heavy (non-hydrogen) atoms. The summed E-state index contributed by atoms with van der Waals surface area (Å²) in [7, 11) is 1.43. The fourth-order valence-corrected chi connectivity index (χ4v) is 1.20. The first-order valence-corrected chi connectivity index (χ1v) is 5.24. The van der Waals surface area contributed by atoms with Crippen LogP contribution in [0.5, 0.6) is 0 Å². The van der Waals surface area contributed by atoms with Crippen LogP contribution in [-0.4, -0.2) is 19.3 Å². The molecule has 0 unspecified atom stereocenters. The van der Waals surface area contributed by atoms with Gasteiger partial charge < -0.3 is 4.74 Å². The average molecular weight is 283 g/mol. The number of halogens is 1. The molecule has 1 aromatic rings. The normalized spacial score (nSPS) is 10.8. The van der Waals surface area contributed by atoms with Crippen molar-refractivity contribution in [1.82, 2.24) is 0 Å². The molecule has 0 bridgehead atoms. The molecular weight excluding hydrogens is 272 g/mol. The van der Waals surface area contributed by atoms with Crippen molar-refractivity contribution < 1.29 is 9.53 Å². The van der Waals surface area contributed by atoms with Crippen LogP contribution >= 0.6 is 15.9 Å². The van der Waals surface area contributed by atoms with Gasteiger partial charge in [0, 0.05) is 4.47 Å². The number of hydrazone groups is 1. The van der Waals surface area contributed by atoms with E-state index in [1.807, 2.05) is 24.3 Å². The second kappa shape index (κ2) is 6.07. The SMILES string of the molecule is C=C(C=O)/C(=N\Nc1ccc(Br)cc1)OC. The minimum atomic E-state index is 0.165. The van der Waals surface area contributed by atoms with Gasteiger partial charge in [-0.05, 0) is 24.3 Å². The highest BCUT2D eigenvalue weighted by Crippen LogP contribution is 2.14. The second-order valence-corrected chi connectivity index (χ2v) is 3.80. The maximum atomic E-state index is 10.5. The molecule has 0 aliphatic heterocycles. The molecule has 0 saturated carbocycles. The van der Waals surface area contributed by atoms with E-state index in [0.717, 1.165) is 10.2 Å². The molecule has 0 aromatic heterocycles. The summed E-state index contributed by atoms with van der Waals surface area (Å²) in [6, 6.07) is 7.42. The van der Waals surface area contributed by atoms with Crippen molar-refractivity contribution in [2.75, 3.05) is 12.5 Å². The molecule has 0 saturated heterocycles. The van der Waals surface area contributed by atoms with E-state index >= 15 is 0 Å². The second-order valence-electron chi connectivity index (χ2n) is 2.88. The Morgan fingerprint density at radius 2 is 2.12 bits per heavy atom. The number of nitrogens with one attached hydrogen (secondary N) is 1. The number of ether oxygens (including phenoxy) is 1. The van der Waals surface area contributed by atoms with E-state index in [4.69, 9.17) is 4.74 Å². The topological polar surface area (TPSA) is 50.7 Å². The van der Waals surface area contributed by atoms with Crippen molar-refractivity contribution >= 4 is 33.8 Å². The van der Waals surface area contributed by atoms with Gasteiger partial charge in [-0.2, -0.15) is 0 Å². The van der Waals surface area contributed by atoms with Gasteiger partial charge in [0.05, 0.1) is 18.4 Å². The molecule has 84 valence electrons. The van der Waals surface area contributed by atoms with Gasteiger partial charge in [0.15, 0.2) is 6.29 Å². The van der Waals surface area contributed by atoms with Crippen LogP contribution in [0.15, 0.2) is 46.0 Å². The predicted octanol–water partition coefficient (Wildman–Crippen LogP) is 2.58. The first-order chi connectivity index (χ1) is 7.67. The van der Waals surface area contributed by atoms with E-state index in [0.29, 0.717) is 6.29 Å². The smallest absolute Gasteiger partial charge is 0.240 e. The van der Waals surface area contributed by atoms with Crippen LogP contribution in [-0.2, 0) is 9.53 Å². The molecule has 0 heterocycles. The van der Waals surface area contributed by atoms with Gasteiger partial charge in [0.2, 0.25) is 5.90 Å². The van der Waals surface area contributed by atoms with Gasteiger partial charge in [0.1, 0.15) is 0 Å². The number of nitrogens with zero attached hydrogens (tertiary/aromatic N) is 1. The molecule has 0 atom stereocenters. The molecule has 4 nitrogen and oxygen atoms in total. The van der Waals surface area contributed by atoms with Crippen LogP contribution in [0.1, 0.15) is 0 Å². The minimum absolute atomic E-state index is 0.165. The van der Waals surface area contributed by atoms with Crippen molar-refractivity contribution in [3.63, 3.8) is 0 Å². The van der Waals surface area contributed by atoms with Gasteiger partial charge in [-0.3, -0.25) is 10.2 Å². The summed E-state index contributed by atoms with van der Waals surface area (Å²) in [6.45, 7) is 3.50. The Labute approximate surface area is 102 Å². The summed E-state index contributed by atoms with van der Waals surface area (Å²) in [6.07, 6.45) is 0.589. The monoisotopic (exact) mass is 282 g/mol. The lowest BCUT2D eigenvalue weighted by Crippen LogP contribution is -2.08. The zero-order chi connectivity index (χ0) is 12.0. The van der Waals surface area contributed by atoms with E-state index in [9.17, 15) is 4.79 Å². The molecule has 5 heteroatoms. The Bertz CT molecular complexity index is 412. The number of rotatable bonds is 4. The third-order valence-electron chi connectivity index (χ3n) is 1.74. The van der Waals surface area contributed by atoms with Gasteiger partial charge >= 0.3 is 0 Å². The van der Waals surface area contributed by atoms with Gasteiger partial charge in [-0.1, -0.05) is 22.5 Å². The number of hydrogen-bond donors (Lipinski definition) is 1. The molecule has 0 aliphatic rings. The van der Waals surface area contributed by atoms with Crippen LogP contribution < -0.4 is 5.43 Å². The fraction of sp³-hybridized carbons (Fsp3) is 0.0909. The maximum Gasteiger partial charge on any atom is 0.240 e. The Hall–Kier alpha value is -1.62. The Morgan fingerprint density at radius 3 is 2.62 bits per heavy atom. The zero-order valence-corrected chi connectivity index (χ0v) is 10.3. The first kappa shape index (κ1) is 12.4. The van der Waals surface area contributed by atoms with Crippen molar-refractivity contribution in [3.05, 3.63) is 40.9 Å². The molecule has 1 N–H and O–H groups in total. The average Bonchev–Trinajstić information content (AvgIpc) is 2.31. The Balaban J connectivity index is 2.74. The minimum Gasteiger partial charge on any atom is -0.479 e. The summed E-state index contributed by atoms with van der Waals surface area (Å²) >= 11 is 3.32. The largest absolute Gasteiger partial charge is 0.479 e. The van der Waals surface area contributed by atoms with Crippen LogP contribution in [0.25, 0.3) is 0 Å². The van der Waals surface area contributed by atoms with Crippen LogP contribution in [0.2, 0.25) is 0 Å². The zero-order valence-electron chi connectivity index (χ0n) is 8.74. The Kier molecular flexibility index (Phi) is 4.72. The van der Waals surface area contributed by atoms with Gasteiger partial charge in [-0.25, -0.2) is 0 Å². The quantitative estimate of drug-likeness (QED) is 0.304. The summed E-state index contributed by atoms with van der Waals surface area (Å²) in [5.74, 6) is 0.165. The van der Waals surface area contributed by atoms with E-state index in [1.165, 1.54) is 7.11 Å². The highest BCUT2D eigenvalue weighted by atomic mass is 79.9. The highest BCUT2D eigenvalue weighted by Gasteiger charge is 2.02. The molecule has 1 rings (SSSR count). The van der Waals surface area contributed by atoms with Crippen LogP contribution in [0.3, 0.4) is 0 Å². The summed E-state index contributed by atoms with van der Waals surface area (Å²) in [4.78, 5) is 10.5. The van der Waals surface area contributed by atoms with E-state index in [2.05, 4.69) is 33.0 Å². The highest BCUT2D eigenvalue weighted by molar-refractivity contribution is 9.10. The van der Waals surface area contributed by atoms with Crippen molar-refractivity contribution in [1.29, 1.82) is 0 Å². The van der Waals surface area contributed by atoms with Crippen LogP contribution in [0, 0.1) is 0 Å². The molecular formula is C11H11BrN2O2. The number of benzene rings is 1. The van der Waals surface area contributed by atoms with Gasteiger partial charge in [-0.15, -0.1) is 5.10 Å². The lowest BCUT2D eigenvalue weighted by atomic mass is 10.3. The number of aldehydes is 1. The number of carbonyl (C=O) groups is 1. The standard InChI is InChI=1S/C11H11BrN2O2/c1-8(7-15)11(16-2)14-13-10-5-3-9(12)4-6-10/h3-7,13H,1H2,2H3/b14-11+.